The summed E-state index contributed by atoms with van der Waals surface area (Å²) in [6.45, 7) is 4.74. The molecule has 1 unspecified atom stereocenters. The molecule has 0 aromatic heterocycles. The molecule has 14 heavy (non-hydrogen) atoms. The average molecular weight is 303 g/mol. The number of halogens is 1. The van der Waals surface area contributed by atoms with Gasteiger partial charge in [-0.1, -0.05) is 6.07 Å². The first-order chi connectivity index (χ1) is 6.77. The van der Waals surface area contributed by atoms with E-state index in [1.807, 2.05) is 0 Å². The van der Waals surface area contributed by atoms with Gasteiger partial charge < -0.3 is 10.1 Å². The fourth-order valence-corrected chi connectivity index (χ4v) is 2.44. The molecule has 0 bridgehead atoms. The Kier molecular flexibility index (Phi) is 3.41. The normalized spacial score (nSPS) is 22.3. The zero-order chi connectivity index (χ0) is 9.97. The van der Waals surface area contributed by atoms with Crippen LogP contribution in [0.4, 0.5) is 0 Å². The van der Waals surface area contributed by atoms with Crippen LogP contribution in [0.15, 0.2) is 18.2 Å². The predicted molar refractivity (Wildman–Crippen MR) is 65.5 cm³/mol. The molecule has 0 saturated carbocycles. The van der Waals surface area contributed by atoms with Crippen molar-refractivity contribution in [2.24, 2.45) is 0 Å². The Hall–Kier alpha value is -0.130. The Morgan fingerprint density at radius 1 is 1.50 bits per heavy atom. The quantitative estimate of drug-likeness (QED) is 0.804. The molecule has 2 rings (SSSR count). The van der Waals surface area contributed by atoms with Crippen LogP contribution in [0.25, 0.3) is 0 Å². The molecule has 0 radical (unpaired) electrons. The molecule has 1 N–H and O–H groups in total. The second kappa shape index (κ2) is 4.59. The fraction of sp³-hybridized carbons (Fsp3) is 0.455. The maximum atomic E-state index is 5.46. The van der Waals surface area contributed by atoms with Crippen LogP contribution in [0.2, 0.25) is 0 Å². The second-order valence-corrected chi connectivity index (χ2v) is 4.83. The summed E-state index contributed by atoms with van der Waals surface area (Å²) in [7, 11) is 0. The molecular formula is C11H14INO. The Morgan fingerprint density at radius 2 is 2.36 bits per heavy atom. The summed E-state index contributed by atoms with van der Waals surface area (Å²) < 4.78 is 6.75. The van der Waals surface area contributed by atoms with Gasteiger partial charge in [0.1, 0.15) is 0 Å². The maximum Gasteiger partial charge on any atom is 0.0662 e. The van der Waals surface area contributed by atoms with Gasteiger partial charge in [-0.05, 0) is 52.8 Å². The minimum Gasteiger partial charge on any atom is -0.378 e. The molecule has 0 aliphatic carbocycles. The fourth-order valence-electron chi connectivity index (χ4n) is 1.80. The van der Waals surface area contributed by atoms with Gasteiger partial charge in [0, 0.05) is 10.1 Å². The largest absolute Gasteiger partial charge is 0.378 e. The van der Waals surface area contributed by atoms with E-state index < -0.39 is 0 Å². The van der Waals surface area contributed by atoms with Crippen molar-refractivity contribution >= 4 is 22.6 Å². The Morgan fingerprint density at radius 3 is 3.00 bits per heavy atom. The predicted octanol–water partition coefficient (Wildman–Crippen LogP) is 2.26. The van der Waals surface area contributed by atoms with E-state index in [0.717, 1.165) is 19.8 Å². The lowest BCUT2D eigenvalue weighted by molar-refractivity contribution is 0.0767. The lowest BCUT2D eigenvalue weighted by Gasteiger charge is -2.25. The summed E-state index contributed by atoms with van der Waals surface area (Å²) in [5.41, 5.74) is 2.71. The summed E-state index contributed by atoms with van der Waals surface area (Å²) in [6.07, 6.45) is 0. The zero-order valence-electron chi connectivity index (χ0n) is 8.22. The molecule has 0 amide bonds. The summed E-state index contributed by atoms with van der Waals surface area (Å²) in [5.74, 6) is 0. The first-order valence-corrected chi connectivity index (χ1v) is 5.92. The van der Waals surface area contributed by atoms with Crippen molar-refractivity contribution in [3.8, 4) is 0 Å². The van der Waals surface area contributed by atoms with Gasteiger partial charge in [0.05, 0.1) is 19.3 Å². The number of ether oxygens (including phenoxy) is 1. The summed E-state index contributed by atoms with van der Waals surface area (Å²) in [6, 6.07) is 6.94. The van der Waals surface area contributed by atoms with Crippen LogP contribution in [0.1, 0.15) is 17.2 Å². The molecule has 1 heterocycles. The highest BCUT2D eigenvalue weighted by atomic mass is 127. The van der Waals surface area contributed by atoms with Crippen molar-refractivity contribution in [2.45, 2.75) is 13.0 Å². The van der Waals surface area contributed by atoms with Gasteiger partial charge >= 0.3 is 0 Å². The molecule has 2 nitrogen and oxygen atoms in total. The van der Waals surface area contributed by atoms with Gasteiger partial charge in [0.15, 0.2) is 0 Å². The summed E-state index contributed by atoms with van der Waals surface area (Å²) in [4.78, 5) is 0. The molecule has 1 atom stereocenters. The topological polar surface area (TPSA) is 21.3 Å². The smallest absolute Gasteiger partial charge is 0.0662 e. The molecule has 0 spiro atoms. The summed E-state index contributed by atoms with van der Waals surface area (Å²) >= 11 is 2.34. The van der Waals surface area contributed by atoms with Crippen LogP contribution in [-0.2, 0) is 4.74 Å². The number of rotatable bonds is 1. The highest BCUT2D eigenvalue weighted by molar-refractivity contribution is 14.1. The van der Waals surface area contributed by atoms with E-state index in [0.29, 0.717) is 6.04 Å². The van der Waals surface area contributed by atoms with Crippen LogP contribution in [-0.4, -0.2) is 19.8 Å². The third-order valence-electron chi connectivity index (χ3n) is 2.53. The molecule has 1 aromatic carbocycles. The lowest BCUT2D eigenvalue weighted by Crippen LogP contribution is -2.34. The van der Waals surface area contributed by atoms with Crippen LogP contribution in [0.5, 0.6) is 0 Å². The number of benzene rings is 1. The van der Waals surface area contributed by atoms with Gasteiger partial charge in [-0.2, -0.15) is 0 Å². The van der Waals surface area contributed by atoms with Crippen LogP contribution in [0, 0.1) is 10.5 Å². The minimum absolute atomic E-state index is 0.376. The molecule has 1 aromatic rings. The zero-order valence-corrected chi connectivity index (χ0v) is 10.4. The van der Waals surface area contributed by atoms with Gasteiger partial charge in [-0.15, -0.1) is 0 Å². The van der Waals surface area contributed by atoms with Gasteiger partial charge in [-0.25, -0.2) is 0 Å². The van der Waals surface area contributed by atoms with Crippen LogP contribution in [0.3, 0.4) is 0 Å². The van der Waals surface area contributed by atoms with E-state index in [4.69, 9.17) is 4.74 Å². The van der Waals surface area contributed by atoms with E-state index in [1.54, 1.807) is 0 Å². The van der Waals surface area contributed by atoms with Gasteiger partial charge in [0.2, 0.25) is 0 Å². The van der Waals surface area contributed by atoms with Gasteiger partial charge in [-0.3, -0.25) is 0 Å². The molecule has 1 saturated heterocycles. The number of nitrogens with one attached hydrogen (secondary N) is 1. The van der Waals surface area contributed by atoms with Crippen molar-refractivity contribution in [1.82, 2.24) is 5.32 Å². The van der Waals surface area contributed by atoms with Crippen molar-refractivity contribution < 1.29 is 4.74 Å². The van der Waals surface area contributed by atoms with E-state index in [9.17, 15) is 0 Å². The van der Waals surface area contributed by atoms with Crippen molar-refractivity contribution in [2.75, 3.05) is 19.8 Å². The maximum absolute atomic E-state index is 5.46. The van der Waals surface area contributed by atoms with Crippen molar-refractivity contribution in [1.29, 1.82) is 0 Å². The second-order valence-electron chi connectivity index (χ2n) is 3.58. The standard InChI is InChI=1S/C11H14INO/c1-8-6-9(12)2-3-10(8)11-7-14-5-4-13-11/h2-3,6,11,13H,4-5,7H2,1H3. The molecule has 76 valence electrons. The van der Waals surface area contributed by atoms with Crippen molar-refractivity contribution in [3.05, 3.63) is 32.9 Å². The highest BCUT2D eigenvalue weighted by Gasteiger charge is 2.16. The number of hydrogen-bond acceptors (Lipinski definition) is 2. The number of aryl methyl sites for hydroxylation is 1. The lowest BCUT2D eigenvalue weighted by atomic mass is 10.0. The van der Waals surface area contributed by atoms with Crippen LogP contribution >= 0.6 is 22.6 Å². The summed E-state index contributed by atoms with van der Waals surface area (Å²) in [5, 5.41) is 3.47. The Bertz CT molecular complexity index is 321. The Labute approximate surface area is 98.2 Å². The third-order valence-corrected chi connectivity index (χ3v) is 3.20. The monoisotopic (exact) mass is 303 g/mol. The van der Waals surface area contributed by atoms with E-state index in [1.165, 1.54) is 14.7 Å². The molecule has 1 aliphatic heterocycles. The van der Waals surface area contributed by atoms with Crippen molar-refractivity contribution in [3.63, 3.8) is 0 Å². The first kappa shape index (κ1) is 10.4. The van der Waals surface area contributed by atoms with Crippen LogP contribution < -0.4 is 5.32 Å². The third kappa shape index (κ3) is 2.27. The minimum atomic E-state index is 0.376. The average Bonchev–Trinajstić information content (AvgIpc) is 2.19. The molecule has 1 fully saturated rings. The Balaban J connectivity index is 2.22. The first-order valence-electron chi connectivity index (χ1n) is 4.84. The van der Waals surface area contributed by atoms with Gasteiger partial charge in [0.25, 0.3) is 0 Å². The van der Waals surface area contributed by atoms with E-state index >= 15 is 0 Å². The number of hydrogen-bond donors (Lipinski definition) is 1. The SMILES string of the molecule is Cc1cc(I)ccc1C1COCCN1. The van der Waals surface area contributed by atoms with E-state index in [-0.39, 0.29) is 0 Å². The highest BCUT2D eigenvalue weighted by Crippen LogP contribution is 2.21. The molecule has 3 heteroatoms. The molecule has 1 aliphatic rings. The number of morpholine rings is 1. The van der Waals surface area contributed by atoms with E-state index in [2.05, 4.69) is 53.0 Å². The molecular weight excluding hydrogens is 289 g/mol.